The molecule has 272 valence electrons. The first-order valence-electron chi connectivity index (χ1n) is 16.7. The Balaban J connectivity index is 1.35. The zero-order valence-corrected chi connectivity index (χ0v) is 30.4. The molecule has 5 aromatic rings. The van der Waals surface area contributed by atoms with Gasteiger partial charge in [-0.05, 0) is 83.8 Å². The van der Waals surface area contributed by atoms with Crippen molar-refractivity contribution >= 4 is 38.9 Å². The van der Waals surface area contributed by atoms with Crippen molar-refractivity contribution in [1.29, 1.82) is 5.26 Å². The van der Waals surface area contributed by atoms with E-state index in [0.29, 0.717) is 60.3 Å². The van der Waals surface area contributed by atoms with Gasteiger partial charge < -0.3 is 25.0 Å². The number of rotatable bonds is 16. The summed E-state index contributed by atoms with van der Waals surface area (Å²) in [6.45, 7) is 3.18. The van der Waals surface area contributed by atoms with Crippen LogP contribution >= 0.6 is 0 Å². The second-order valence-electron chi connectivity index (χ2n) is 12.3. The molecular formula is C40H40N6O6S. The van der Waals surface area contributed by atoms with E-state index >= 15 is 0 Å². The molecule has 1 aromatic heterocycles. The molecule has 4 aromatic carbocycles. The van der Waals surface area contributed by atoms with Crippen molar-refractivity contribution in [2.75, 3.05) is 34.8 Å². The summed E-state index contributed by atoms with van der Waals surface area (Å²) >= 11 is 0. The molecule has 0 aliphatic carbocycles. The van der Waals surface area contributed by atoms with E-state index in [1.165, 1.54) is 7.05 Å². The van der Waals surface area contributed by atoms with Gasteiger partial charge >= 0.3 is 0 Å². The molecular weight excluding hydrogens is 693 g/mol. The summed E-state index contributed by atoms with van der Waals surface area (Å²) in [6, 6.07) is 31.5. The Morgan fingerprint density at radius 1 is 0.849 bits per heavy atom. The molecule has 0 aliphatic rings. The standard InChI is InChI=1S/C40H40N6O6S/c1-28-35(45-53(3,49)50)7-4-8-37(28)46(26-31-11-9-29(24-41)10-12-31)27-32-13-15-33(16-14-32)52-34-17-18-36(44-40(48)23-39(47)42-2)38(22-34)51-21-19-30-6-5-20-43-25-30/h4-18,20,22,25,45H,19,21,23,26-27H2,1-3H3,(H,42,47)(H,44,48). The van der Waals surface area contributed by atoms with Gasteiger partial charge in [0.15, 0.2) is 0 Å². The first-order chi connectivity index (χ1) is 25.5. The van der Waals surface area contributed by atoms with Crippen LogP contribution in [0.1, 0.15) is 34.2 Å². The Morgan fingerprint density at radius 2 is 1.55 bits per heavy atom. The molecule has 0 saturated carbocycles. The monoisotopic (exact) mass is 732 g/mol. The van der Waals surface area contributed by atoms with Gasteiger partial charge in [-0.2, -0.15) is 5.26 Å². The van der Waals surface area contributed by atoms with Crippen molar-refractivity contribution in [2.45, 2.75) is 32.9 Å². The van der Waals surface area contributed by atoms with Gasteiger partial charge in [-0.15, -0.1) is 0 Å². The summed E-state index contributed by atoms with van der Waals surface area (Å²) in [5.74, 6) is 0.546. The summed E-state index contributed by atoms with van der Waals surface area (Å²) < 4.78 is 39.0. The number of anilines is 3. The number of nitrogens with zero attached hydrogens (tertiary/aromatic N) is 3. The van der Waals surface area contributed by atoms with Gasteiger partial charge in [-0.25, -0.2) is 8.42 Å². The Hall–Kier alpha value is -6.39. The first-order valence-corrected chi connectivity index (χ1v) is 18.6. The molecule has 0 fully saturated rings. The molecule has 0 saturated heterocycles. The highest BCUT2D eigenvalue weighted by atomic mass is 32.2. The highest BCUT2D eigenvalue weighted by Crippen LogP contribution is 2.34. The van der Waals surface area contributed by atoms with Crippen LogP contribution < -0.4 is 29.7 Å². The van der Waals surface area contributed by atoms with Crippen LogP contribution in [0.2, 0.25) is 0 Å². The van der Waals surface area contributed by atoms with Gasteiger partial charge in [0.25, 0.3) is 0 Å². The maximum absolute atomic E-state index is 12.5. The predicted octanol–water partition coefficient (Wildman–Crippen LogP) is 6.33. The highest BCUT2D eigenvalue weighted by Gasteiger charge is 2.17. The molecule has 2 amide bonds. The normalized spacial score (nSPS) is 10.8. The smallest absolute Gasteiger partial charge is 0.233 e. The first kappa shape index (κ1) is 37.9. The topological polar surface area (TPSA) is 163 Å². The van der Waals surface area contributed by atoms with Crippen LogP contribution in [-0.2, 0) is 39.1 Å². The van der Waals surface area contributed by atoms with Gasteiger partial charge in [-0.3, -0.25) is 19.3 Å². The van der Waals surface area contributed by atoms with Crippen LogP contribution in [0.15, 0.2) is 109 Å². The summed E-state index contributed by atoms with van der Waals surface area (Å²) in [4.78, 5) is 30.5. The third kappa shape index (κ3) is 11.3. The lowest BCUT2D eigenvalue weighted by atomic mass is 10.1. The van der Waals surface area contributed by atoms with Crippen LogP contribution in [-0.4, -0.2) is 45.1 Å². The van der Waals surface area contributed by atoms with E-state index in [1.54, 1.807) is 48.8 Å². The molecule has 0 bridgehead atoms. The van der Waals surface area contributed by atoms with E-state index < -0.39 is 21.8 Å². The van der Waals surface area contributed by atoms with Crippen molar-refractivity contribution in [3.05, 3.63) is 137 Å². The van der Waals surface area contributed by atoms with Crippen LogP contribution in [0.3, 0.4) is 0 Å². The number of hydrogen-bond donors (Lipinski definition) is 3. The largest absolute Gasteiger partial charge is 0.491 e. The molecule has 5 rings (SSSR count). The lowest BCUT2D eigenvalue weighted by molar-refractivity contribution is -0.126. The van der Waals surface area contributed by atoms with Gasteiger partial charge in [-0.1, -0.05) is 36.4 Å². The third-order valence-electron chi connectivity index (χ3n) is 8.13. The second-order valence-corrected chi connectivity index (χ2v) is 14.0. The molecule has 13 heteroatoms. The van der Waals surface area contributed by atoms with E-state index in [-0.39, 0.29) is 6.42 Å². The number of ether oxygens (including phenoxy) is 2. The number of nitriles is 1. The number of sulfonamides is 1. The minimum atomic E-state index is -3.49. The highest BCUT2D eigenvalue weighted by molar-refractivity contribution is 7.92. The van der Waals surface area contributed by atoms with Gasteiger partial charge in [0.1, 0.15) is 23.7 Å². The van der Waals surface area contributed by atoms with E-state index in [0.717, 1.165) is 34.2 Å². The van der Waals surface area contributed by atoms with Gasteiger partial charge in [0.2, 0.25) is 21.8 Å². The summed E-state index contributed by atoms with van der Waals surface area (Å²) in [5, 5.41) is 14.5. The van der Waals surface area contributed by atoms with Crippen LogP contribution in [0.5, 0.6) is 17.2 Å². The summed E-state index contributed by atoms with van der Waals surface area (Å²) in [5.41, 5.74) is 6.04. The maximum Gasteiger partial charge on any atom is 0.233 e. The van der Waals surface area contributed by atoms with Crippen molar-refractivity contribution < 1.29 is 27.5 Å². The average molecular weight is 733 g/mol. The molecule has 1 heterocycles. The number of pyridine rings is 1. The maximum atomic E-state index is 12.5. The Kier molecular flexibility index (Phi) is 12.6. The van der Waals surface area contributed by atoms with Gasteiger partial charge in [0, 0.05) is 50.7 Å². The summed E-state index contributed by atoms with van der Waals surface area (Å²) in [6.07, 6.45) is 4.85. The SMILES string of the molecule is CNC(=O)CC(=O)Nc1ccc(Oc2ccc(CN(Cc3ccc(C#N)cc3)c3cccc(NS(C)(=O)=O)c3C)cc2)cc1OCCc1cccnc1. The molecule has 0 unspecified atom stereocenters. The minimum Gasteiger partial charge on any atom is -0.491 e. The van der Waals surface area contributed by atoms with Crippen LogP contribution in [0.4, 0.5) is 17.1 Å². The number of carbonyl (C=O) groups is 2. The van der Waals surface area contributed by atoms with E-state index in [4.69, 9.17) is 9.47 Å². The Bertz CT molecular complexity index is 2190. The number of carbonyl (C=O) groups excluding carboxylic acids is 2. The van der Waals surface area contributed by atoms with Gasteiger partial charge in [0.05, 0.1) is 35.9 Å². The molecule has 12 nitrogen and oxygen atoms in total. The third-order valence-corrected chi connectivity index (χ3v) is 8.72. The number of amides is 2. The molecule has 0 radical (unpaired) electrons. The molecule has 53 heavy (non-hydrogen) atoms. The van der Waals surface area contributed by atoms with E-state index in [1.807, 2.05) is 67.6 Å². The number of hydrogen-bond acceptors (Lipinski definition) is 9. The van der Waals surface area contributed by atoms with Crippen molar-refractivity contribution in [2.24, 2.45) is 0 Å². The fourth-order valence-electron chi connectivity index (χ4n) is 5.47. The van der Waals surface area contributed by atoms with Crippen molar-refractivity contribution in [1.82, 2.24) is 10.3 Å². The fourth-order valence-corrected chi connectivity index (χ4v) is 6.09. The van der Waals surface area contributed by atoms with Crippen LogP contribution in [0, 0.1) is 18.3 Å². The van der Waals surface area contributed by atoms with Crippen LogP contribution in [0.25, 0.3) is 0 Å². The lowest BCUT2D eigenvalue weighted by Gasteiger charge is -2.28. The number of benzene rings is 4. The van der Waals surface area contributed by atoms with E-state index in [9.17, 15) is 23.3 Å². The number of nitrogens with one attached hydrogen (secondary N) is 3. The Morgan fingerprint density at radius 3 is 2.19 bits per heavy atom. The minimum absolute atomic E-state index is 0.313. The molecule has 0 aliphatic heterocycles. The van der Waals surface area contributed by atoms with E-state index in [2.05, 4.69) is 31.3 Å². The molecule has 3 N–H and O–H groups in total. The quantitative estimate of drug-likeness (QED) is 0.0985. The lowest BCUT2D eigenvalue weighted by Crippen LogP contribution is -2.25. The average Bonchev–Trinajstić information content (AvgIpc) is 3.14. The zero-order chi connectivity index (χ0) is 37.8. The molecule has 0 atom stereocenters. The van der Waals surface area contributed by atoms with Crippen molar-refractivity contribution in [3.63, 3.8) is 0 Å². The predicted molar refractivity (Wildman–Crippen MR) is 204 cm³/mol. The number of aromatic nitrogens is 1. The van der Waals surface area contributed by atoms with Crippen molar-refractivity contribution in [3.8, 4) is 23.3 Å². The molecule has 0 spiro atoms. The second kappa shape index (κ2) is 17.7. The zero-order valence-electron chi connectivity index (χ0n) is 29.6. The fraction of sp³-hybridized carbons (Fsp3) is 0.200. The summed E-state index contributed by atoms with van der Waals surface area (Å²) in [7, 11) is -2.02. The Labute approximate surface area is 309 Å².